The number of fused-ring (bicyclic) bond motifs is 2. The van der Waals surface area contributed by atoms with E-state index >= 15 is 0 Å². The number of rotatable bonds is 5. The molecule has 0 fully saturated rings. The number of ketones is 1. The van der Waals surface area contributed by atoms with Crippen molar-refractivity contribution in [3.63, 3.8) is 0 Å². The zero-order valence-corrected chi connectivity index (χ0v) is 14.5. The molecule has 0 saturated carbocycles. The van der Waals surface area contributed by atoms with E-state index in [0.717, 1.165) is 10.9 Å². The van der Waals surface area contributed by atoms with Gasteiger partial charge < -0.3 is 14.6 Å². The standard InChI is InChI=1S/C20H16N2O5/c1-11-14-8-12(6-7-15(14)21-20(11)25)17(23)10-26-19(24)9-16-13-4-2-3-5-18(13)27-22-16/h2-8,11H,9-10H2,1H3,(H,21,25)/t11-/m1/s1. The van der Waals surface area contributed by atoms with Crippen molar-refractivity contribution in [1.82, 2.24) is 5.16 Å². The maximum absolute atomic E-state index is 12.3. The number of hydrogen-bond acceptors (Lipinski definition) is 6. The van der Waals surface area contributed by atoms with Gasteiger partial charge in [-0.05, 0) is 42.8 Å². The first-order valence-electron chi connectivity index (χ1n) is 8.50. The molecular weight excluding hydrogens is 348 g/mol. The van der Waals surface area contributed by atoms with Gasteiger partial charge in [-0.25, -0.2) is 0 Å². The molecule has 1 amide bonds. The highest BCUT2D eigenvalue weighted by Gasteiger charge is 2.27. The van der Waals surface area contributed by atoms with Crippen molar-refractivity contribution in [3.8, 4) is 0 Å². The highest BCUT2D eigenvalue weighted by molar-refractivity contribution is 6.05. The van der Waals surface area contributed by atoms with E-state index in [1.807, 2.05) is 12.1 Å². The fourth-order valence-corrected chi connectivity index (χ4v) is 3.07. The first-order valence-corrected chi connectivity index (χ1v) is 8.50. The fourth-order valence-electron chi connectivity index (χ4n) is 3.07. The lowest BCUT2D eigenvalue weighted by molar-refractivity contribution is -0.141. The molecule has 136 valence electrons. The van der Waals surface area contributed by atoms with Gasteiger partial charge in [0, 0.05) is 16.6 Å². The largest absolute Gasteiger partial charge is 0.457 e. The smallest absolute Gasteiger partial charge is 0.312 e. The molecule has 7 heteroatoms. The Kier molecular flexibility index (Phi) is 4.19. The van der Waals surface area contributed by atoms with Crippen molar-refractivity contribution in [1.29, 1.82) is 0 Å². The highest BCUT2D eigenvalue weighted by Crippen LogP contribution is 2.32. The predicted octanol–water partition coefficient (Wildman–Crippen LogP) is 2.85. The van der Waals surface area contributed by atoms with Gasteiger partial charge in [-0.1, -0.05) is 17.3 Å². The molecule has 1 atom stereocenters. The second-order valence-corrected chi connectivity index (χ2v) is 6.40. The van der Waals surface area contributed by atoms with Crippen molar-refractivity contribution in [2.75, 3.05) is 11.9 Å². The SMILES string of the molecule is C[C@H]1C(=O)Nc2ccc(C(=O)COC(=O)Cc3noc4ccccc34)cc21. The summed E-state index contributed by atoms with van der Waals surface area (Å²) in [5.41, 5.74) is 2.94. The third-order valence-corrected chi connectivity index (χ3v) is 4.62. The minimum atomic E-state index is -0.561. The van der Waals surface area contributed by atoms with Crippen LogP contribution in [-0.2, 0) is 20.7 Å². The lowest BCUT2D eigenvalue weighted by Gasteiger charge is -2.06. The summed E-state index contributed by atoms with van der Waals surface area (Å²) < 4.78 is 10.2. The number of hydrogen-bond donors (Lipinski definition) is 1. The van der Waals surface area contributed by atoms with Crippen LogP contribution < -0.4 is 5.32 Å². The van der Waals surface area contributed by atoms with E-state index < -0.39 is 5.97 Å². The molecule has 2 aromatic carbocycles. The zero-order chi connectivity index (χ0) is 19.0. The summed E-state index contributed by atoms with van der Waals surface area (Å²) in [6, 6.07) is 12.2. The Hall–Kier alpha value is -3.48. The third kappa shape index (κ3) is 3.19. The summed E-state index contributed by atoms with van der Waals surface area (Å²) in [6.45, 7) is 1.40. The number of ether oxygens (including phenoxy) is 1. The average molecular weight is 364 g/mol. The Labute approximate surface area is 154 Å². The van der Waals surface area contributed by atoms with Crippen LogP contribution in [0, 0.1) is 0 Å². The van der Waals surface area contributed by atoms with Crippen LogP contribution in [0.2, 0.25) is 0 Å². The summed E-state index contributed by atoms with van der Waals surface area (Å²) in [5, 5.41) is 7.37. The Morgan fingerprint density at radius 1 is 1.22 bits per heavy atom. The fraction of sp³-hybridized carbons (Fsp3) is 0.200. The molecule has 0 radical (unpaired) electrons. The molecule has 7 nitrogen and oxygen atoms in total. The highest BCUT2D eigenvalue weighted by atomic mass is 16.5. The Morgan fingerprint density at radius 3 is 2.89 bits per heavy atom. The van der Waals surface area contributed by atoms with Crippen LogP contribution in [0.4, 0.5) is 5.69 Å². The number of carbonyl (C=O) groups excluding carboxylic acids is 3. The van der Waals surface area contributed by atoms with Crippen LogP contribution in [0.5, 0.6) is 0 Å². The molecule has 3 aromatic rings. The van der Waals surface area contributed by atoms with E-state index in [4.69, 9.17) is 9.26 Å². The number of amides is 1. The van der Waals surface area contributed by atoms with Gasteiger partial charge in [-0.3, -0.25) is 14.4 Å². The molecule has 1 aliphatic rings. The van der Waals surface area contributed by atoms with Crippen LogP contribution in [0.15, 0.2) is 47.0 Å². The van der Waals surface area contributed by atoms with E-state index in [-0.39, 0.29) is 30.6 Å². The second-order valence-electron chi connectivity index (χ2n) is 6.40. The van der Waals surface area contributed by atoms with Crippen molar-refractivity contribution >= 4 is 34.3 Å². The number of aromatic nitrogens is 1. The van der Waals surface area contributed by atoms with E-state index in [2.05, 4.69) is 10.5 Å². The monoisotopic (exact) mass is 364 g/mol. The van der Waals surface area contributed by atoms with Gasteiger partial charge in [-0.2, -0.15) is 0 Å². The summed E-state index contributed by atoms with van der Waals surface area (Å²) in [6.07, 6.45) is -0.0794. The lowest BCUT2D eigenvalue weighted by Crippen LogP contribution is -2.16. The molecule has 0 spiro atoms. The van der Waals surface area contributed by atoms with E-state index in [9.17, 15) is 14.4 Å². The van der Waals surface area contributed by atoms with Crippen molar-refractivity contribution < 1.29 is 23.6 Å². The molecule has 0 saturated heterocycles. The maximum Gasteiger partial charge on any atom is 0.312 e. The van der Waals surface area contributed by atoms with E-state index in [1.165, 1.54) is 0 Å². The van der Waals surface area contributed by atoms with Gasteiger partial charge in [0.05, 0.1) is 12.3 Å². The van der Waals surface area contributed by atoms with Gasteiger partial charge in [0.15, 0.2) is 18.0 Å². The molecule has 0 unspecified atom stereocenters. The molecule has 4 rings (SSSR count). The number of nitrogens with zero attached hydrogens (tertiary/aromatic N) is 1. The average Bonchev–Trinajstić information content (AvgIpc) is 3.21. The molecule has 1 aromatic heterocycles. The number of Topliss-reactive ketones (excluding diaryl/α,β-unsaturated/α-hetero) is 1. The first-order chi connectivity index (χ1) is 13.0. The van der Waals surface area contributed by atoms with Gasteiger partial charge in [-0.15, -0.1) is 0 Å². The van der Waals surface area contributed by atoms with E-state index in [0.29, 0.717) is 22.5 Å². The van der Waals surface area contributed by atoms with Gasteiger partial charge in [0.1, 0.15) is 5.69 Å². The maximum atomic E-state index is 12.3. The van der Waals surface area contributed by atoms with Crippen molar-refractivity contribution in [2.24, 2.45) is 0 Å². The number of carbonyl (C=O) groups is 3. The minimum Gasteiger partial charge on any atom is -0.457 e. The summed E-state index contributed by atoms with van der Waals surface area (Å²) in [7, 11) is 0. The topological polar surface area (TPSA) is 98.5 Å². The first kappa shape index (κ1) is 17.0. The number of nitrogens with one attached hydrogen (secondary N) is 1. The molecule has 27 heavy (non-hydrogen) atoms. The molecule has 0 aliphatic carbocycles. The van der Waals surface area contributed by atoms with E-state index in [1.54, 1.807) is 37.3 Å². The molecule has 2 heterocycles. The predicted molar refractivity (Wildman–Crippen MR) is 96.5 cm³/mol. The lowest BCUT2D eigenvalue weighted by atomic mass is 9.99. The van der Waals surface area contributed by atoms with Gasteiger partial charge in [0.2, 0.25) is 5.91 Å². The van der Waals surface area contributed by atoms with Crippen LogP contribution in [0.1, 0.15) is 34.5 Å². The number of benzene rings is 2. The van der Waals surface area contributed by atoms with Crippen LogP contribution in [0.3, 0.4) is 0 Å². The van der Waals surface area contributed by atoms with Crippen molar-refractivity contribution in [2.45, 2.75) is 19.3 Å². The number of anilines is 1. The van der Waals surface area contributed by atoms with Gasteiger partial charge in [0.25, 0.3) is 0 Å². The molecule has 1 N–H and O–H groups in total. The summed E-state index contributed by atoms with van der Waals surface area (Å²) >= 11 is 0. The van der Waals surface area contributed by atoms with Crippen LogP contribution >= 0.6 is 0 Å². The quantitative estimate of drug-likeness (QED) is 0.552. The van der Waals surface area contributed by atoms with Crippen molar-refractivity contribution in [3.05, 3.63) is 59.3 Å². The summed E-state index contributed by atoms with van der Waals surface area (Å²) in [4.78, 5) is 36.1. The minimum absolute atomic E-state index is 0.0794. The van der Waals surface area contributed by atoms with Crippen LogP contribution in [0.25, 0.3) is 11.0 Å². The van der Waals surface area contributed by atoms with Crippen LogP contribution in [-0.4, -0.2) is 29.4 Å². The Morgan fingerprint density at radius 2 is 2.04 bits per heavy atom. The molecule has 1 aliphatic heterocycles. The number of esters is 1. The summed E-state index contributed by atoms with van der Waals surface area (Å²) in [5.74, 6) is -1.30. The molecular formula is C20H16N2O5. The molecule has 0 bridgehead atoms. The zero-order valence-electron chi connectivity index (χ0n) is 14.5. The Bertz CT molecular complexity index is 1070. The normalized spacial score (nSPS) is 15.4. The van der Waals surface area contributed by atoms with Gasteiger partial charge >= 0.3 is 5.97 Å². The number of para-hydroxylation sites is 1. The Balaban J connectivity index is 1.39. The second kappa shape index (κ2) is 6.68. The third-order valence-electron chi connectivity index (χ3n) is 4.62.